The van der Waals surface area contributed by atoms with Crippen molar-refractivity contribution in [1.29, 1.82) is 0 Å². The SMILES string of the molecule is C=CC(OCCCC)(OCCCC)C(CCCC)CCCCCCCC. The molecule has 0 saturated carbocycles. The van der Waals surface area contributed by atoms with E-state index in [2.05, 4.69) is 34.3 Å². The molecule has 0 aromatic carbocycles. The van der Waals surface area contributed by atoms with Crippen molar-refractivity contribution in [3.63, 3.8) is 0 Å². The van der Waals surface area contributed by atoms with Crippen molar-refractivity contribution < 1.29 is 9.47 Å². The van der Waals surface area contributed by atoms with E-state index in [9.17, 15) is 0 Å². The van der Waals surface area contributed by atoms with E-state index in [0.717, 1.165) is 38.9 Å². The third kappa shape index (κ3) is 11.4. The van der Waals surface area contributed by atoms with E-state index in [0.29, 0.717) is 5.92 Å². The molecule has 0 aromatic rings. The lowest BCUT2D eigenvalue weighted by Crippen LogP contribution is -2.42. The van der Waals surface area contributed by atoms with Crippen molar-refractivity contribution in [1.82, 2.24) is 0 Å². The van der Waals surface area contributed by atoms with Crippen molar-refractivity contribution >= 4 is 0 Å². The molecule has 0 saturated heterocycles. The Labute approximate surface area is 165 Å². The van der Waals surface area contributed by atoms with Crippen LogP contribution < -0.4 is 0 Å². The van der Waals surface area contributed by atoms with Crippen LogP contribution in [0.4, 0.5) is 0 Å². The molecule has 0 amide bonds. The number of ether oxygens (including phenoxy) is 2. The molecule has 0 aliphatic carbocycles. The molecule has 0 radical (unpaired) electrons. The average molecular weight is 369 g/mol. The van der Waals surface area contributed by atoms with Crippen molar-refractivity contribution in [2.24, 2.45) is 5.92 Å². The topological polar surface area (TPSA) is 18.5 Å². The Kier molecular flexibility index (Phi) is 17.8. The maximum absolute atomic E-state index is 6.38. The highest BCUT2D eigenvalue weighted by atomic mass is 16.7. The minimum atomic E-state index is -0.580. The number of unbranched alkanes of at least 4 members (excludes halogenated alkanes) is 8. The van der Waals surface area contributed by atoms with Gasteiger partial charge in [-0.3, -0.25) is 0 Å². The molecule has 0 rings (SSSR count). The standard InChI is InChI=1S/C24H48O2/c1-6-11-15-16-17-18-20-23(19-12-7-2)24(10-5,25-21-13-8-3)26-22-14-9-4/h10,23H,5-9,11-22H2,1-4H3. The first-order chi connectivity index (χ1) is 12.7. The van der Waals surface area contributed by atoms with E-state index in [4.69, 9.17) is 9.47 Å². The van der Waals surface area contributed by atoms with Crippen molar-refractivity contribution in [2.75, 3.05) is 13.2 Å². The second-order valence-electron chi connectivity index (χ2n) is 7.73. The van der Waals surface area contributed by atoms with Crippen LogP contribution in [0.3, 0.4) is 0 Å². The van der Waals surface area contributed by atoms with Crippen molar-refractivity contribution in [2.45, 2.75) is 123 Å². The number of hydrogen-bond donors (Lipinski definition) is 0. The minimum absolute atomic E-state index is 0.430. The quantitative estimate of drug-likeness (QED) is 0.123. The molecule has 0 aromatic heterocycles. The fourth-order valence-electron chi connectivity index (χ4n) is 3.48. The Morgan fingerprint density at radius 3 is 1.62 bits per heavy atom. The smallest absolute Gasteiger partial charge is 0.190 e. The van der Waals surface area contributed by atoms with Gasteiger partial charge in [0, 0.05) is 5.92 Å². The van der Waals surface area contributed by atoms with Gasteiger partial charge in [-0.05, 0) is 31.8 Å². The summed E-state index contributed by atoms with van der Waals surface area (Å²) in [6.45, 7) is 14.7. The van der Waals surface area contributed by atoms with Crippen LogP contribution >= 0.6 is 0 Å². The average Bonchev–Trinajstić information content (AvgIpc) is 2.66. The third-order valence-corrected chi connectivity index (χ3v) is 5.32. The summed E-state index contributed by atoms with van der Waals surface area (Å²) in [6.07, 6.45) is 19.3. The van der Waals surface area contributed by atoms with Gasteiger partial charge in [0.25, 0.3) is 0 Å². The van der Waals surface area contributed by atoms with Crippen LogP contribution in [0.25, 0.3) is 0 Å². The summed E-state index contributed by atoms with van der Waals surface area (Å²) < 4.78 is 12.8. The van der Waals surface area contributed by atoms with Gasteiger partial charge >= 0.3 is 0 Å². The molecular formula is C24H48O2. The molecule has 26 heavy (non-hydrogen) atoms. The summed E-state index contributed by atoms with van der Waals surface area (Å²) >= 11 is 0. The molecule has 156 valence electrons. The molecule has 0 heterocycles. The van der Waals surface area contributed by atoms with Crippen LogP contribution in [0, 0.1) is 5.92 Å². The van der Waals surface area contributed by atoms with E-state index < -0.39 is 5.79 Å². The van der Waals surface area contributed by atoms with Gasteiger partial charge in [-0.25, -0.2) is 0 Å². The van der Waals surface area contributed by atoms with Crippen LogP contribution in [0.1, 0.15) is 118 Å². The van der Waals surface area contributed by atoms with Crippen LogP contribution in [-0.4, -0.2) is 19.0 Å². The summed E-state index contributed by atoms with van der Waals surface area (Å²) in [5.74, 6) is -0.150. The van der Waals surface area contributed by atoms with E-state index >= 15 is 0 Å². The number of hydrogen-bond acceptors (Lipinski definition) is 2. The molecule has 0 spiro atoms. The lowest BCUT2D eigenvalue weighted by Gasteiger charge is -2.38. The predicted octanol–water partition coefficient (Wildman–Crippen LogP) is 8.06. The molecule has 0 bridgehead atoms. The monoisotopic (exact) mass is 368 g/mol. The summed E-state index contributed by atoms with van der Waals surface area (Å²) in [5, 5.41) is 0. The van der Waals surface area contributed by atoms with Crippen LogP contribution in [0.5, 0.6) is 0 Å². The first kappa shape index (κ1) is 25.7. The zero-order valence-corrected chi connectivity index (χ0v) is 18.5. The van der Waals surface area contributed by atoms with E-state index in [-0.39, 0.29) is 0 Å². The lowest BCUT2D eigenvalue weighted by molar-refractivity contribution is -0.238. The maximum Gasteiger partial charge on any atom is 0.190 e. The zero-order chi connectivity index (χ0) is 19.5. The zero-order valence-electron chi connectivity index (χ0n) is 18.5. The maximum atomic E-state index is 6.38. The first-order valence-electron chi connectivity index (χ1n) is 11.6. The Balaban J connectivity index is 4.87. The van der Waals surface area contributed by atoms with E-state index in [1.54, 1.807) is 0 Å². The highest BCUT2D eigenvalue weighted by Gasteiger charge is 2.37. The molecule has 1 unspecified atom stereocenters. The lowest BCUT2D eigenvalue weighted by atomic mass is 9.87. The Bertz CT molecular complexity index is 291. The molecule has 0 N–H and O–H groups in total. The third-order valence-electron chi connectivity index (χ3n) is 5.32. The van der Waals surface area contributed by atoms with Crippen LogP contribution in [-0.2, 0) is 9.47 Å². The van der Waals surface area contributed by atoms with Gasteiger partial charge in [0.15, 0.2) is 5.79 Å². The summed E-state index contributed by atoms with van der Waals surface area (Å²) in [6, 6.07) is 0. The molecule has 0 fully saturated rings. The number of rotatable bonds is 20. The second-order valence-corrected chi connectivity index (χ2v) is 7.73. The molecule has 2 heteroatoms. The van der Waals surface area contributed by atoms with Gasteiger partial charge in [0.2, 0.25) is 0 Å². The summed E-state index contributed by atoms with van der Waals surface area (Å²) in [5.41, 5.74) is 0. The second kappa shape index (κ2) is 18.0. The van der Waals surface area contributed by atoms with Gasteiger partial charge in [0.1, 0.15) is 0 Å². The van der Waals surface area contributed by atoms with Crippen LogP contribution in [0.2, 0.25) is 0 Å². The first-order valence-corrected chi connectivity index (χ1v) is 11.6. The minimum Gasteiger partial charge on any atom is -0.346 e. The van der Waals surface area contributed by atoms with Crippen LogP contribution in [0.15, 0.2) is 12.7 Å². The normalized spacial score (nSPS) is 13.1. The molecule has 0 aliphatic rings. The van der Waals surface area contributed by atoms with E-state index in [1.165, 1.54) is 64.2 Å². The van der Waals surface area contributed by atoms with Gasteiger partial charge in [0.05, 0.1) is 13.2 Å². The van der Waals surface area contributed by atoms with Crippen molar-refractivity contribution in [3.8, 4) is 0 Å². The Morgan fingerprint density at radius 2 is 1.12 bits per heavy atom. The Morgan fingerprint density at radius 1 is 0.654 bits per heavy atom. The van der Waals surface area contributed by atoms with Gasteiger partial charge < -0.3 is 9.47 Å². The summed E-state index contributed by atoms with van der Waals surface area (Å²) in [7, 11) is 0. The fraction of sp³-hybridized carbons (Fsp3) is 0.917. The summed E-state index contributed by atoms with van der Waals surface area (Å²) in [4.78, 5) is 0. The molecule has 1 atom stereocenters. The van der Waals surface area contributed by atoms with Gasteiger partial charge in [-0.1, -0.05) is 98.5 Å². The van der Waals surface area contributed by atoms with Gasteiger partial charge in [-0.2, -0.15) is 0 Å². The predicted molar refractivity (Wildman–Crippen MR) is 116 cm³/mol. The Hall–Kier alpha value is -0.340. The van der Waals surface area contributed by atoms with E-state index in [1.807, 2.05) is 6.08 Å². The highest BCUT2D eigenvalue weighted by molar-refractivity contribution is 4.95. The molecular weight excluding hydrogens is 320 g/mol. The largest absolute Gasteiger partial charge is 0.346 e. The molecule has 2 nitrogen and oxygen atoms in total. The highest BCUT2D eigenvalue weighted by Crippen LogP contribution is 2.34. The van der Waals surface area contributed by atoms with Gasteiger partial charge in [-0.15, -0.1) is 0 Å². The fourth-order valence-corrected chi connectivity index (χ4v) is 3.48. The molecule has 0 aliphatic heterocycles. The van der Waals surface area contributed by atoms with Crippen molar-refractivity contribution in [3.05, 3.63) is 12.7 Å².